The number of aromatic amines is 1. The van der Waals surface area contributed by atoms with Crippen LogP contribution in [-0.2, 0) is 12.0 Å². The molecule has 0 atom stereocenters. The van der Waals surface area contributed by atoms with E-state index in [9.17, 15) is 4.79 Å². The first-order chi connectivity index (χ1) is 6.95. The average molecular weight is 208 g/mol. The summed E-state index contributed by atoms with van der Waals surface area (Å²) in [7, 11) is 0. The molecule has 0 fully saturated rings. The third kappa shape index (κ3) is 3.20. The van der Waals surface area contributed by atoms with Crippen LogP contribution in [0, 0.1) is 0 Å². The van der Waals surface area contributed by atoms with E-state index in [0.29, 0.717) is 6.54 Å². The molecule has 3 nitrogen and oxygen atoms in total. The molecule has 0 saturated carbocycles. The molecule has 2 N–H and O–H groups in total. The molecule has 1 heterocycles. The number of hydrogen-bond acceptors (Lipinski definition) is 2. The van der Waals surface area contributed by atoms with Crippen molar-refractivity contribution in [1.29, 1.82) is 0 Å². The van der Waals surface area contributed by atoms with Crippen LogP contribution in [-0.4, -0.2) is 11.5 Å². The van der Waals surface area contributed by atoms with Crippen molar-refractivity contribution in [3.05, 3.63) is 33.7 Å². The van der Waals surface area contributed by atoms with E-state index in [4.69, 9.17) is 0 Å². The Morgan fingerprint density at radius 1 is 1.33 bits per heavy atom. The lowest BCUT2D eigenvalue weighted by Crippen LogP contribution is -2.24. The monoisotopic (exact) mass is 208 g/mol. The quantitative estimate of drug-likeness (QED) is 0.795. The Bertz CT molecular complexity index is 374. The van der Waals surface area contributed by atoms with Crippen molar-refractivity contribution in [1.82, 2.24) is 10.3 Å². The first-order valence-electron chi connectivity index (χ1n) is 5.38. The van der Waals surface area contributed by atoms with Crippen LogP contribution in [0.1, 0.15) is 39.0 Å². The largest absolute Gasteiger partial charge is 0.325 e. The molecule has 0 aliphatic rings. The van der Waals surface area contributed by atoms with Crippen molar-refractivity contribution in [2.45, 2.75) is 39.7 Å². The number of hydrogen-bond donors (Lipinski definition) is 2. The lowest BCUT2D eigenvalue weighted by atomic mass is 9.91. The van der Waals surface area contributed by atoms with Crippen molar-refractivity contribution in [2.24, 2.45) is 0 Å². The van der Waals surface area contributed by atoms with E-state index in [-0.39, 0.29) is 11.0 Å². The highest BCUT2D eigenvalue weighted by Crippen LogP contribution is 2.18. The molecule has 0 aromatic carbocycles. The molecule has 3 heteroatoms. The summed E-state index contributed by atoms with van der Waals surface area (Å²) in [6, 6.07) is 3.90. The van der Waals surface area contributed by atoms with Crippen molar-refractivity contribution in [3.63, 3.8) is 0 Å². The van der Waals surface area contributed by atoms with E-state index in [1.807, 2.05) is 19.1 Å². The molecule has 0 radical (unpaired) electrons. The second-order valence-corrected chi connectivity index (χ2v) is 4.76. The first-order valence-corrected chi connectivity index (χ1v) is 5.38. The van der Waals surface area contributed by atoms with Crippen molar-refractivity contribution in [3.8, 4) is 0 Å². The molecular formula is C12H20N2O. The van der Waals surface area contributed by atoms with Crippen LogP contribution in [0.3, 0.4) is 0 Å². The smallest absolute Gasteiger partial charge is 0.252 e. The molecule has 1 rings (SSSR count). The SMILES string of the molecule is CCNCc1ccc(C(C)(C)C)[nH]c1=O. The van der Waals surface area contributed by atoms with Gasteiger partial charge in [-0.2, -0.15) is 0 Å². The zero-order valence-electron chi connectivity index (χ0n) is 9.98. The number of H-pyrrole nitrogens is 1. The van der Waals surface area contributed by atoms with Gasteiger partial charge in [-0.1, -0.05) is 33.8 Å². The van der Waals surface area contributed by atoms with E-state index < -0.39 is 0 Å². The van der Waals surface area contributed by atoms with E-state index >= 15 is 0 Å². The van der Waals surface area contributed by atoms with E-state index in [0.717, 1.165) is 17.8 Å². The normalized spacial score (nSPS) is 11.7. The molecule has 84 valence electrons. The van der Waals surface area contributed by atoms with Gasteiger partial charge >= 0.3 is 0 Å². The predicted octanol–water partition coefficient (Wildman–Crippen LogP) is 1.78. The van der Waals surface area contributed by atoms with Gasteiger partial charge in [-0.25, -0.2) is 0 Å². The van der Waals surface area contributed by atoms with Crippen LogP contribution >= 0.6 is 0 Å². The maximum absolute atomic E-state index is 11.7. The van der Waals surface area contributed by atoms with Crippen LogP contribution < -0.4 is 10.9 Å². The molecule has 0 aliphatic carbocycles. The lowest BCUT2D eigenvalue weighted by Gasteiger charge is -2.18. The number of aromatic nitrogens is 1. The van der Waals surface area contributed by atoms with Gasteiger partial charge in [-0.3, -0.25) is 4.79 Å². The summed E-state index contributed by atoms with van der Waals surface area (Å²) in [5.74, 6) is 0. The van der Waals surface area contributed by atoms with E-state index in [1.54, 1.807) is 0 Å². The van der Waals surface area contributed by atoms with Crippen molar-refractivity contribution in [2.75, 3.05) is 6.54 Å². The number of rotatable bonds is 3. The van der Waals surface area contributed by atoms with Gasteiger partial charge in [0, 0.05) is 23.2 Å². The van der Waals surface area contributed by atoms with Crippen molar-refractivity contribution < 1.29 is 0 Å². The molecule has 0 unspecified atom stereocenters. The summed E-state index contributed by atoms with van der Waals surface area (Å²) in [6.07, 6.45) is 0. The summed E-state index contributed by atoms with van der Waals surface area (Å²) in [6.45, 7) is 9.79. The fourth-order valence-electron chi connectivity index (χ4n) is 1.34. The molecule has 0 saturated heterocycles. The van der Waals surface area contributed by atoms with Gasteiger partial charge in [-0.05, 0) is 12.6 Å². The zero-order chi connectivity index (χ0) is 11.5. The van der Waals surface area contributed by atoms with Crippen LogP contribution in [0.15, 0.2) is 16.9 Å². The Morgan fingerprint density at radius 2 is 2.00 bits per heavy atom. The maximum Gasteiger partial charge on any atom is 0.252 e. The fraction of sp³-hybridized carbons (Fsp3) is 0.583. The van der Waals surface area contributed by atoms with Crippen LogP contribution in [0.2, 0.25) is 0 Å². The molecule has 15 heavy (non-hydrogen) atoms. The summed E-state index contributed by atoms with van der Waals surface area (Å²) < 4.78 is 0. The van der Waals surface area contributed by atoms with Crippen LogP contribution in [0.25, 0.3) is 0 Å². The van der Waals surface area contributed by atoms with E-state index in [1.165, 1.54) is 0 Å². The molecule has 0 amide bonds. The Morgan fingerprint density at radius 3 is 2.47 bits per heavy atom. The van der Waals surface area contributed by atoms with Gasteiger partial charge in [0.15, 0.2) is 0 Å². The molecule has 0 spiro atoms. The van der Waals surface area contributed by atoms with E-state index in [2.05, 4.69) is 31.1 Å². The Hall–Kier alpha value is -1.09. The summed E-state index contributed by atoms with van der Waals surface area (Å²) >= 11 is 0. The zero-order valence-corrected chi connectivity index (χ0v) is 9.98. The summed E-state index contributed by atoms with van der Waals surface area (Å²) in [5, 5.41) is 3.14. The maximum atomic E-state index is 11.7. The highest BCUT2D eigenvalue weighted by Gasteiger charge is 2.14. The first kappa shape index (κ1) is 12.0. The number of nitrogens with one attached hydrogen (secondary N) is 2. The highest BCUT2D eigenvalue weighted by atomic mass is 16.1. The second-order valence-electron chi connectivity index (χ2n) is 4.76. The molecule has 0 bridgehead atoms. The second kappa shape index (κ2) is 4.62. The van der Waals surface area contributed by atoms with Gasteiger partial charge < -0.3 is 10.3 Å². The van der Waals surface area contributed by atoms with Crippen molar-refractivity contribution >= 4 is 0 Å². The third-order valence-electron chi connectivity index (χ3n) is 2.36. The van der Waals surface area contributed by atoms with Gasteiger partial charge in [0.25, 0.3) is 5.56 Å². The molecule has 0 aliphatic heterocycles. The van der Waals surface area contributed by atoms with Gasteiger partial charge in [-0.15, -0.1) is 0 Å². The summed E-state index contributed by atoms with van der Waals surface area (Å²) in [5.41, 5.74) is 1.79. The fourth-order valence-corrected chi connectivity index (χ4v) is 1.34. The average Bonchev–Trinajstić information content (AvgIpc) is 2.14. The van der Waals surface area contributed by atoms with Crippen LogP contribution in [0.5, 0.6) is 0 Å². The highest BCUT2D eigenvalue weighted by molar-refractivity contribution is 5.19. The Kier molecular flexibility index (Phi) is 3.69. The minimum atomic E-state index is -0.00409. The molecule has 1 aromatic heterocycles. The molecule has 1 aromatic rings. The lowest BCUT2D eigenvalue weighted by molar-refractivity contribution is 0.565. The standard InChI is InChI=1S/C12H20N2O/c1-5-13-8-9-6-7-10(12(2,3)4)14-11(9)15/h6-7,13H,5,8H2,1-4H3,(H,14,15). The minimum absolute atomic E-state index is 0.00409. The number of pyridine rings is 1. The minimum Gasteiger partial charge on any atom is -0.325 e. The topological polar surface area (TPSA) is 44.9 Å². The van der Waals surface area contributed by atoms with Gasteiger partial charge in [0.05, 0.1) is 0 Å². The Labute approximate surface area is 90.9 Å². The van der Waals surface area contributed by atoms with Gasteiger partial charge in [0.2, 0.25) is 0 Å². The Balaban J connectivity index is 2.94. The predicted molar refractivity (Wildman–Crippen MR) is 63.1 cm³/mol. The van der Waals surface area contributed by atoms with Gasteiger partial charge in [0.1, 0.15) is 0 Å². The summed E-state index contributed by atoms with van der Waals surface area (Å²) in [4.78, 5) is 14.6. The third-order valence-corrected chi connectivity index (χ3v) is 2.36. The van der Waals surface area contributed by atoms with Crippen LogP contribution in [0.4, 0.5) is 0 Å². The molecular weight excluding hydrogens is 188 g/mol.